The summed E-state index contributed by atoms with van der Waals surface area (Å²) >= 11 is 0. The van der Waals surface area contributed by atoms with Crippen LogP contribution < -0.4 is 0 Å². The van der Waals surface area contributed by atoms with Crippen molar-refractivity contribution in [3.05, 3.63) is 0 Å². The van der Waals surface area contributed by atoms with E-state index in [9.17, 15) is 0 Å². The van der Waals surface area contributed by atoms with Gasteiger partial charge in [0.05, 0.1) is 0 Å². The third-order valence-corrected chi connectivity index (χ3v) is 1.96. The van der Waals surface area contributed by atoms with Gasteiger partial charge < -0.3 is 10.4 Å². The van der Waals surface area contributed by atoms with E-state index in [1.807, 2.05) is 13.8 Å². The fourth-order valence-corrected chi connectivity index (χ4v) is 0.935. The molecule has 0 aliphatic heterocycles. The van der Waals surface area contributed by atoms with Crippen molar-refractivity contribution in [2.75, 3.05) is 19.6 Å². The molecular weight excluding hydrogens is 170 g/mol. The summed E-state index contributed by atoms with van der Waals surface area (Å²) in [6.45, 7) is 7.87. The molecule has 76 valence electrons. The molecule has 0 saturated heterocycles. The molecule has 0 bridgehead atoms. The van der Waals surface area contributed by atoms with Crippen LogP contribution in [0.3, 0.4) is 0 Å². The van der Waals surface area contributed by atoms with Gasteiger partial charge in [0.15, 0.2) is 0 Å². The van der Waals surface area contributed by atoms with E-state index < -0.39 is 0 Å². The quantitative estimate of drug-likeness (QED) is 0.383. The van der Waals surface area contributed by atoms with Gasteiger partial charge in [-0.1, -0.05) is 24.2 Å². The molecule has 0 aromatic carbocycles. The van der Waals surface area contributed by atoms with Crippen LogP contribution in [0.5, 0.6) is 0 Å². The topological polar surface area (TPSA) is 68.4 Å². The van der Waals surface area contributed by atoms with Crippen LogP contribution in [0.1, 0.15) is 20.8 Å². The Morgan fingerprint density at radius 3 is 2.00 bits per heavy atom. The van der Waals surface area contributed by atoms with Crippen molar-refractivity contribution < 1.29 is 10.4 Å². The molecule has 0 aromatic heterocycles. The monoisotopic (exact) mass is 187 g/mol. The minimum atomic E-state index is 0.342. The van der Waals surface area contributed by atoms with Crippen LogP contribution in [0.25, 0.3) is 0 Å². The molecule has 0 amide bonds. The molecule has 0 atom stereocenters. The van der Waals surface area contributed by atoms with E-state index in [2.05, 4.69) is 15.2 Å². The summed E-state index contributed by atoms with van der Waals surface area (Å²) in [6.07, 6.45) is 0. The van der Waals surface area contributed by atoms with Gasteiger partial charge in [-0.05, 0) is 20.0 Å². The Hall–Kier alpha value is -1.10. The van der Waals surface area contributed by atoms with Gasteiger partial charge in [0.2, 0.25) is 0 Å². The van der Waals surface area contributed by atoms with E-state index >= 15 is 0 Å². The SMILES string of the molecule is CCN(CC)CC(=NO)C(C)=NO. The first-order chi connectivity index (χ1) is 6.19. The van der Waals surface area contributed by atoms with Crippen LogP contribution in [-0.4, -0.2) is 46.4 Å². The highest BCUT2D eigenvalue weighted by Gasteiger charge is 2.09. The second-order valence-corrected chi connectivity index (χ2v) is 2.69. The Balaban J connectivity index is 4.30. The molecule has 13 heavy (non-hydrogen) atoms. The first kappa shape index (κ1) is 11.9. The van der Waals surface area contributed by atoms with Gasteiger partial charge in [-0.3, -0.25) is 4.90 Å². The lowest BCUT2D eigenvalue weighted by Gasteiger charge is -2.17. The van der Waals surface area contributed by atoms with Crippen LogP contribution >= 0.6 is 0 Å². The molecule has 5 heteroatoms. The van der Waals surface area contributed by atoms with Crippen LogP contribution in [0.15, 0.2) is 10.3 Å². The summed E-state index contributed by atoms with van der Waals surface area (Å²) in [4.78, 5) is 2.06. The van der Waals surface area contributed by atoms with Crippen molar-refractivity contribution in [3.63, 3.8) is 0 Å². The lowest BCUT2D eigenvalue weighted by molar-refractivity contribution is 0.303. The van der Waals surface area contributed by atoms with Gasteiger partial charge in [-0.25, -0.2) is 0 Å². The van der Waals surface area contributed by atoms with Gasteiger partial charge in [-0.2, -0.15) is 0 Å². The van der Waals surface area contributed by atoms with Gasteiger partial charge in [-0.15, -0.1) is 0 Å². The zero-order valence-electron chi connectivity index (χ0n) is 8.36. The number of oxime groups is 2. The fraction of sp³-hybridized carbons (Fsp3) is 0.750. The summed E-state index contributed by atoms with van der Waals surface area (Å²) in [7, 11) is 0. The van der Waals surface area contributed by atoms with Crippen LogP contribution in [0, 0.1) is 0 Å². The molecular formula is C8H17N3O2. The predicted octanol–water partition coefficient (Wildman–Crippen LogP) is 1.01. The maximum atomic E-state index is 8.64. The van der Waals surface area contributed by atoms with Crippen LogP contribution in [0.4, 0.5) is 0 Å². The summed E-state index contributed by atoms with van der Waals surface area (Å²) in [5.74, 6) is 0. The normalized spacial score (nSPS) is 13.8. The van der Waals surface area contributed by atoms with E-state index in [4.69, 9.17) is 10.4 Å². The maximum Gasteiger partial charge on any atom is 0.118 e. The third kappa shape index (κ3) is 3.89. The van der Waals surface area contributed by atoms with E-state index in [-0.39, 0.29) is 0 Å². The van der Waals surface area contributed by atoms with Crippen molar-refractivity contribution in [1.82, 2.24) is 4.90 Å². The van der Waals surface area contributed by atoms with Crippen molar-refractivity contribution in [3.8, 4) is 0 Å². The Labute approximate surface area is 78.3 Å². The molecule has 0 aliphatic carbocycles. The second kappa shape index (κ2) is 6.42. The van der Waals surface area contributed by atoms with Gasteiger partial charge in [0, 0.05) is 6.54 Å². The number of nitrogens with zero attached hydrogens (tertiary/aromatic N) is 3. The Morgan fingerprint density at radius 2 is 1.69 bits per heavy atom. The number of rotatable bonds is 5. The maximum absolute atomic E-state index is 8.64. The molecule has 0 spiro atoms. The lowest BCUT2D eigenvalue weighted by atomic mass is 10.2. The van der Waals surface area contributed by atoms with Crippen LogP contribution in [-0.2, 0) is 0 Å². The molecule has 0 saturated carbocycles. The first-order valence-electron chi connectivity index (χ1n) is 4.31. The minimum absolute atomic E-state index is 0.342. The highest BCUT2D eigenvalue weighted by molar-refractivity contribution is 6.41. The predicted molar refractivity (Wildman–Crippen MR) is 51.9 cm³/mol. The summed E-state index contributed by atoms with van der Waals surface area (Å²) in [5, 5.41) is 23.2. The summed E-state index contributed by atoms with van der Waals surface area (Å²) in [5.41, 5.74) is 0.737. The highest BCUT2D eigenvalue weighted by atomic mass is 16.4. The molecule has 0 aliphatic rings. The van der Waals surface area contributed by atoms with Crippen molar-refractivity contribution in [1.29, 1.82) is 0 Å². The van der Waals surface area contributed by atoms with Crippen molar-refractivity contribution >= 4 is 11.4 Å². The average Bonchev–Trinajstić information content (AvgIpc) is 2.19. The minimum Gasteiger partial charge on any atom is -0.411 e. The second-order valence-electron chi connectivity index (χ2n) is 2.69. The van der Waals surface area contributed by atoms with Crippen LogP contribution in [0.2, 0.25) is 0 Å². The third-order valence-electron chi connectivity index (χ3n) is 1.96. The lowest BCUT2D eigenvalue weighted by Crippen LogP contribution is -2.32. The Bertz CT molecular complexity index is 198. The largest absolute Gasteiger partial charge is 0.411 e. The van der Waals surface area contributed by atoms with Crippen molar-refractivity contribution in [2.45, 2.75) is 20.8 Å². The molecule has 0 heterocycles. The zero-order valence-corrected chi connectivity index (χ0v) is 8.36. The standard InChI is InChI=1S/C8H17N3O2/c1-4-11(5-2)6-8(10-13)7(3)9-12/h12-13H,4-6H2,1-3H3. The molecule has 0 fully saturated rings. The van der Waals surface area contributed by atoms with E-state index in [0.29, 0.717) is 18.0 Å². The van der Waals surface area contributed by atoms with E-state index in [1.54, 1.807) is 6.92 Å². The smallest absolute Gasteiger partial charge is 0.118 e. The number of hydrogen-bond donors (Lipinski definition) is 2. The molecule has 0 radical (unpaired) electrons. The average molecular weight is 187 g/mol. The highest BCUT2D eigenvalue weighted by Crippen LogP contribution is 1.91. The number of hydrogen-bond acceptors (Lipinski definition) is 5. The zero-order chi connectivity index (χ0) is 10.3. The fourth-order valence-electron chi connectivity index (χ4n) is 0.935. The van der Waals surface area contributed by atoms with Gasteiger partial charge >= 0.3 is 0 Å². The Kier molecular flexibility index (Phi) is 5.88. The van der Waals surface area contributed by atoms with E-state index in [0.717, 1.165) is 13.1 Å². The molecule has 0 rings (SSSR count). The van der Waals surface area contributed by atoms with E-state index in [1.165, 1.54) is 0 Å². The molecule has 2 N–H and O–H groups in total. The van der Waals surface area contributed by atoms with Gasteiger partial charge in [0.25, 0.3) is 0 Å². The molecule has 0 aromatic rings. The van der Waals surface area contributed by atoms with Crippen molar-refractivity contribution in [2.24, 2.45) is 10.3 Å². The molecule has 0 unspecified atom stereocenters. The first-order valence-corrected chi connectivity index (χ1v) is 4.31. The van der Waals surface area contributed by atoms with Gasteiger partial charge in [0.1, 0.15) is 11.4 Å². The Morgan fingerprint density at radius 1 is 1.15 bits per heavy atom. The molecule has 5 nitrogen and oxygen atoms in total. The summed E-state index contributed by atoms with van der Waals surface area (Å²) in [6, 6.07) is 0. The summed E-state index contributed by atoms with van der Waals surface area (Å²) < 4.78 is 0.